The van der Waals surface area contributed by atoms with Gasteiger partial charge < -0.3 is 15.0 Å². The normalized spacial score (nSPS) is 12.2. The van der Waals surface area contributed by atoms with E-state index in [0.717, 1.165) is 5.69 Å². The van der Waals surface area contributed by atoms with Crippen molar-refractivity contribution in [3.05, 3.63) is 55.9 Å². The number of ether oxygens (including phenoxy) is 1. The second-order valence-corrected chi connectivity index (χ2v) is 7.22. The predicted molar refractivity (Wildman–Crippen MR) is 104 cm³/mol. The Morgan fingerprint density at radius 1 is 1.38 bits per heavy atom. The van der Waals surface area contributed by atoms with Crippen molar-refractivity contribution in [2.24, 2.45) is 0 Å². The van der Waals surface area contributed by atoms with Crippen LogP contribution in [0.25, 0.3) is 10.2 Å². The van der Waals surface area contributed by atoms with Gasteiger partial charge in [0.1, 0.15) is 15.5 Å². The van der Waals surface area contributed by atoms with Crippen LogP contribution in [0.4, 0.5) is 5.69 Å². The molecule has 0 unspecified atom stereocenters. The summed E-state index contributed by atoms with van der Waals surface area (Å²) in [4.78, 5) is 32.9. The summed E-state index contributed by atoms with van der Waals surface area (Å²) in [5, 5.41) is 4.34. The molecule has 3 aromatic rings. The molecule has 0 aliphatic rings. The highest BCUT2D eigenvalue weighted by atomic mass is 35.5. The molecule has 0 bridgehead atoms. The molecule has 0 spiro atoms. The lowest BCUT2D eigenvalue weighted by Gasteiger charge is -2.14. The van der Waals surface area contributed by atoms with E-state index in [2.05, 4.69) is 15.3 Å². The Hall–Kier alpha value is -2.38. The Bertz CT molecular complexity index is 1010. The fourth-order valence-corrected chi connectivity index (χ4v) is 3.83. The fraction of sp³-hybridized carbons (Fsp3) is 0.278. The third kappa shape index (κ3) is 3.59. The number of thiophene rings is 1. The predicted octanol–water partition coefficient (Wildman–Crippen LogP) is 4.30. The number of anilines is 1. The van der Waals surface area contributed by atoms with Crippen molar-refractivity contribution in [1.29, 1.82) is 0 Å². The van der Waals surface area contributed by atoms with Crippen LogP contribution in [0.15, 0.2) is 29.1 Å². The Morgan fingerprint density at radius 3 is 2.73 bits per heavy atom. The summed E-state index contributed by atoms with van der Waals surface area (Å²) in [7, 11) is 0. The van der Waals surface area contributed by atoms with Gasteiger partial charge in [0.15, 0.2) is 0 Å². The minimum atomic E-state index is -0.429. The zero-order chi connectivity index (χ0) is 18.8. The number of nitrogens with zero attached hydrogens (tertiary/aromatic N) is 1. The van der Waals surface area contributed by atoms with Crippen molar-refractivity contribution in [2.45, 2.75) is 26.8 Å². The van der Waals surface area contributed by atoms with Crippen LogP contribution < -0.4 is 10.9 Å². The molecule has 0 aliphatic heterocycles. The number of H-pyrrole nitrogens is 1. The molecular formula is C18H18ClN3O3S. The molecule has 136 valence electrons. The van der Waals surface area contributed by atoms with Gasteiger partial charge in [-0.15, -0.1) is 11.3 Å². The molecule has 8 heteroatoms. The van der Waals surface area contributed by atoms with Crippen molar-refractivity contribution >= 4 is 44.8 Å². The van der Waals surface area contributed by atoms with Gasteiger partial charge in [-0.3, -0.25) is 4.79 Å². The van der Waals surface area contributed by atoms with Crippen molar-refractivity contribution in [1.82, 2.24) is 9.97 Å². The number of rotatable bonds is 5. The zero-order valence-electron chi connectivity index (χ0n) is 14.6. The van der Waals surface area contributed by atoms with E-state index in [4.69, 9.17) is 16.3 Å². The van der Waals surface area contributed by atoms with E-state index in [0.29, 0.717) is 31.5 Å². The standard InChI is InChI=1S/C18H18ClN3O3S/c1-4-25-18(24)14-9(2)13-16(23)21-15(22-17(13)26-14)10(3)20-12-7-5-11(19)6-8-12/h5-8,10,20H,4H2,1-3H3,(H,21,22,23)/t10-/m1/s1. The molecule has 0 aliphatic carbocycles. The average Bonchev–Trinajstić information content (AvgIpc) is 2.94. The molecule has 1 aromatic carbocycles. The molecule has 2 N–H and O–H groups in total. The third-order valence-corrected chi connectivity index (χ3v) is 5.33. The number of esters is 1. The van der Waals surface area contributed by atoms with Crippen molar-refractivity contribution < 1.29 is 9.53 Å². The topological polar surface area (TPSA) is 84.1 Å². The number of aryl methyl sites for hydroxylation is 1. The van der Waals surface area contributed by atoms with Gasteiger partial charge in [0.05, 0.1) is 18.0 Å². The van der Waals surface area contributed by atoms with Crippen LogP contribution in [0.3, 0.4) is 0 Å². The number of benzene rings is 1. The quantitative estimate of drug-likeness (QED) is 0.633. The third-order valence-electron chi connectivity index (χ3n) is 3.92. The molecule has 1 atom stereocenters. The molecule has 2 heterocycles. The smallest absolute Gasteiger partial charge is 0.348 e. The Labute approximate surface area is 159 Å². The van der Waals surface area contributed by atoms with E-state index in [-0.39, 0.29) is 18.2 Å². The van der Waals surface area contributed by atoms with Crippen LogP contribution in [0.1, 0.15) is 40.9 Å². The van der Waals surface area contributed by atoms with E-state index in [9.17, 15) is 9.59 Å². The summed E-state index contributed by atoms with van der Waals surface area (Å²) >= 11 is 7.07. The van der Waals surface area contributed by atoms with Crippen LogP contribution in [-0.4, -0.2) is 22.5 Å². The van der Waals surface area contributed by atoms with Crippen LogP contribution in [0.5, 0.6) is 0 Å². The van der Waals surface area contributed by atoms with Gasteiger partial charge in [-0.25, -0.2) is 9.78 Å². The molecule has 2 aromatic heterocycles. The van der Waals surface area contributed by atoms with E-state index < -0.39 is 5.97 Å². The summed E-state index contributed by atoms with van der Waals surface area (Å²) in [6.07, 6.45) is 0. The summed E-state index contributed by atoms with van der Waals surface area (Å²) < 4.78 is 5.05. The van der Waals surface area contributed by atoms with Gasteiger partial charge in [0, 0.05) is 10.7 Å². The average molecular weight is 392 g/mol. The number of aromatic amines is 1. The summed E-state index contributed by atoms with van der Waals surface area (Å²) in [5.41, 5.74) is 1.19. The summed E-state index contributed by atoms with van der Waals surface area (Å²) in [6.45, 7) is 5.65. The van der Waals surface area contributed by atoms with Gasteiger partial charge in [0.2, 0.25) is 0 Å². The first kappa shape index (κ1) is 18.4. The number of hydrogen-bond donors (Lipinski definition) is 2. The molecule has 0 fully saturated rings. The van der Waals surface area contributed by atoms with E-state index >= 15 is 0 Å². The first-order chi connectivity index (χ1) is 12.4. The zero-order valence-corrected chi connectivity index (χ0v) is 16.1. The SMILES string of the molecule is CCOC(=O)c1sc2nc([C@@H](C)Nc3ccc(Cl)cc3)[nH]c(=O)c2c1C. The number of nitrogens with one attached hydrogen (secondary N) is 2. The first-order valence-corrected chi connectivity index (χ1v) is 9.32. The van der Waals surface area contributed by atoms with Gasteiger partial charge in [0.25, 0.3) is 5.56 Å². The largest absolute Gasteiger partial charge is 0.462 e. The lowest BCUT2D eigenvalue weighted by Crippen LogP contribution is -2.17. The van der Waals surface area contributed by atoms with Crippen LogP contribution in [-0.2, 0) is 4.74 Å². The van der Waals surface area contributed by atoms with Crippen molar-refractivity contribution in [3.63, 3.8) is 0 Å². The molecule has 26 heavy (non-hydrogen) atoms. The number of halogens is 1. The first-order valence-electron chi connectivity index (χ1n) is 8.13. The molecular weight excluding hydrogens is 374 g/mol. The number of hydrogen-bond acceptors (Lipinski definition) is 6. The van der Waals surface area contributed by atoms with Gasteiger partial charge in [-0.1, -0.05) is 11.6 Å². The van der Waals surface area contributed by atoms with E-state index in [1.54, 1.807) is 26.0 Å². The number of fused-ring (bicyclic) bond motifs is 1. The molecule has 3 rings (SSSR count). The van der Waals surface area contributed by atoms with Gasteiger partial charge in [-0.2, -0.15) is 0 Å². The summed E-state index contributed by atoms with van der Waals surface area (Å²) in [5.74, 6) is 0.0652. The Morgan fingerprint density at radius 2 is 2.08 bits per heavy atom. The fourth-order valence-electron chi connectivity index (χ4n) is 2.62. The van der Waals surface area contributed by atoms with E-state index in [1.165, 1.54) is 11.3 Å². The molecule has 6 nitrogen and oxygen atoms in total. The number of carbonyl (C=O) groups is 1. The lowest BCUT2D eigenvalue weighted by atomic mass is 10.2. The van der Waals surface area contributed by atoms with Crippen molar-refractivity contribution in [3.8, 4) is 0 Å². The van der Waals surface area contributed by atoms with Crippen LogP contribution in [0, 0.1) is 6.92 Å². The second kappa shape index (κ2) is 7.47. The number of aromatic nitrogens is 2. The monoisotopic (exact) mass is 391 g/mol. The maximum Gasteiger partial charge on any atom is 0.348 e. The molecule has 0 saturated carbocycles. The van der Waals surface area contributed by atoms with Crippen LogP contribution >= 0.6 is 22.9 Å². The second-order valence-electron chi connectivity index (χ2n) is 5.78. The lowest BCUT2D eigenvalue weighted by molar-refractivity contribution is 0.0531. The highest BCUT2D eigenvalue weighted by molar-refractivity contribution is 7.20. The molecule has 0 radical (unpaired) electrons. The van der Waals surface area contributed by atoms with Gasteiger partial charge in [-0.05, 0) is 50.6 Å². The number of carbonyl (C=O) groups excluding carboxylic acids is 1. The maximum atomic E-state index is 12.5. The Balaban J connectivity index is 1.96. The van der Waals surface area contributed by atoms with Gasteiger partial charge >= 0.3 is 5.97 Å². The minimum Gasteiger partial charge on any atom is -0.462 e. The minimum absolute atomic E-state index is 0.235. The summed E-state index contributed by atoms with van der Waals surface area (Å²) in [6, 6.07) is 7.03. The van der Waals surface area contributed by atoms with E-state index in [1.807, 2.05) is 19.1 Å². The molecule has 0 saturated heterocycles. The maximum absolute atomic E-state index is 12.5. The van der Waals surface area contributed by atoms with Crippen LogP contribution in [0.2, 0.25) is 5.02 Å². The Kier molecular flexibility index (Phi) is 5.29. The molecule has 0 amide bonds. The highest BCUT2D eigenvalue weighted by Gasteiger charge is 2.21. The van der Waals surface area contributed by atoms with Crippen molar-refractivity contribution in [2.75, 3.05) is 11.9 Å². The highest BCUT2D eigenvalue weighted by Crippen LogP contribution is 2.28.